The van der Waals surface area contributed by atoms with Crippen molar-refractivity contribution in [3.8, 4) is 34.2 Å². The van der Waals surface area contributed by atoms with Crippen molar-refractivity contribution in [3.05, 3.63) is 60.4 Å². The molecule has 0 unspecified atom stereocenters. The van der Waals surface area contributed by atoms with Gasteiger partial charge in [-0.3, -0.25) is 4.98 Å². The summed E-state index contributed by atoms with van der Waals surface area (Å²) in [5, 5.41) is 16.3. The van der Waals surface area contributed by atoms with E-state index < -0.39 is 0 Å². The Bertz CT molecular complexity index is 994. The number of rotatable bonds is 3. The Morgan fingerprint density at radius 3 is 2.44 bits per heavy atom. The summed E-state index contributed by atoms with van der Waals surface area (Å²) >= 11 is 5.84. The summed E-state index contributed by atoms with van der Waals surface area (Å²) in [5.41, 5.74) is 2.95. The summed E-state index contributed by atoms with van der Waals surface area (Å²) in [6.45, 7) is 0. The van der Waals surface area contributed by atoms with Crippen molar-refractivity contribution in [3.63, 3.8) is 0 Å². The second kappa shape index (κ2) is 6.62. The maximum Gasteiger partial charge on any atom is 0.180 e. The first-order chi connectivity index (χ1) is 12.3. The molecule has 4 heterocycles. The van der Waals surface area contributed by atoms with Gasteiger partial charge in [-0.25, -0.2) is 15.0 Å². The van der Waals surface area contributed by atoms with Gasteiger partial charge in [-0.2, -0.15) is 10.2 Å². The lowest BCUT2D eigenvalue weighted by Crippen LogP contribution is -2.00. The van der Waals surface area contributed by atoms with Crippen LogP contribution in [0.2, 0.25) is 5.15 Å². The first-order valence-electron chi connectivity index (χ1n) is 7.22. The normalized spacial score (nSPS) is 10.6. The summed E-state index contributed by atoms with van der Waals surface area (Å²) in [6.07, 6.45) is 8.02. The lowest BCUT2D eigenvalue weighted by Gasteiger charge is -2.08. The molecular formula is C16H9ClN8. The first-order valence-corrected chi connectivity index (χ1v) is 7.60. The van der Waals surface area contributed by atoms with Crippen LogP contribution < -0.4 is 0 Å². The Balaban J connectivity index is 1.91. The summed E-state index contributed by atoms with van der Waals surface area (Å²) in [7, 11) is 0. The van der Waals surface area contributed by atoms with E-state index >= 15 is 0 Å². The Hall–Kier alpha value is -3.39. The van der Waals surface area contributed by atoms with E-state index in [0.29, 0.717) is 39.3 Å². The third kappa shape index (κ3) is 3.15. The third-order valence-corrected chi connectivity index (χ3v) is 3.51. The number of halogens is 1. The minimum Gasteiger partial charge on any atom is -0.261 e. The molecule has 0 aliphatic carbocycles. The molecule has 0 aliphatic rings. The van der Waals surface area contributed by atoms with Crippen molar-refractivity contribution in [1.29, 1.82) is 0 Å². The second-order valence-corrected chi connectivity index (χ2v) is 5.28. The molecular weight excluding hydrogens is 340 g/mol. The highest BCUT2D eigenvalue weighted by atomic mass is 35.5. The summed E-state index contributed by atoms with van der Waals surface area (Å²) < 4.78 is 0. The van der Waals surface area contributed by atoms with Crippen molar-refractivity contribution in [2.45, 2.75) is 0 Å². The van der Waals surface area contributed by atoms with Crippen LogP contribution in [0.15, 0.2) is 55.2 Å². The van der Waals surface area contributed by atoms with Crippen LogP contribution in [-0.4, -0.2) is 40.3 Å². The molecule has 9 heteroatoms. The van der Waals surface area contributed by atoms with E-state index in [9.17, 15) is 0 Å². The van der Waals surface area contributed by atoms with Gasteiger partial charge in [0.2, 0.25) is 0 Å². The van der Waals surface area contributed by atoms with Crippen LogP contribution in [0.1, 0.15) is 0 Å². The molecule has 0 saturated heterocycles. The molecule has 0 aromatic carbocycles. The van der Waals surface area contributed by atoms with E-state index in [1.807, 2.05) is 6.07 Å². The highest BCUT2D eigenvalue weighted by Gasteiger charge is 2.16. The second-order valence-electron chi connectivity index (χ2n) is 4.90. The van der Waals surface area contributed by atoms with Crippen LogP contribution in [0.25, 0.3) is 34.2 Å². The molecule has 4 rings (SSSR count). The molecule has 0 N–H and O–H groups in total. The fourth-order valence-corrected chi connectivity index (χ4v) is 2.29. The standard InChI is InChI=1S/C16H9ClN8/c17-14-4-3-12(24-25-14)15-10(11-2-1-5-21-23-11)8-20-16(22-15)13-9-18-6-7-19-13/h1-9H. The Morgan fingerprint density at radius 2 is 1.72 bits per heavy atom. The van der Waals surface area contributed by atoms with Crippen LogP contribution in [0.5, 0.6) is 0 Å². The minimum atomic E-state index is 0.299. The zero-order valence-corrected chi connectivity index (χ0v) is 13.4. The van der Waals surface area contributed by atoms with Gasteiger partial charge in [0.1, 0.15) is 17.1 Å². The minimum absolute atomic E-state index is 0.299. The third-order valence-electron chi connectivity index (χ3n) is 3.30. The molecule has 0 amide bonds. The monoisotopic (exact) mass is 348 g/mol. The van der Waals surface area contributed by atoms with Crippen LogP contribution >= 0.6 is 11.6 Å². The van der Waals surface area contributed by atoms with Gasteiger partial charge in [0.25, 0.3) is 0 Å². The molecule has 0 bridgehead atoms. The van der Waals surface area contributed by atoms with E-state index in [1.165, 1.54) is 0 Å². The van der Waals surface area contributed by atoms with E-state index in [1.54, 1.807) is 49.2 Å². The SMILES string of the molecule is Clc1ccc(-c2nc(-c3cnccn3)ncc2-c2cccnn2)nn1. The largest absolute Gasteiger partial charge is 0.261 e. The fourth-order valence-electron chi connectivity index (χ4n) is 2.19. The first kappa shape index (κ1) is 15.2. The lowest BCUT2D eigenvalue weighted by molar-refractivity contribution is 1.01. The highest BCUT2D eigenvalue weighted by molar-refractivity contribution is 6.29. The average Bonchev–Trinajstić information content (AvgIpc) is 2.69. The van der Waals surface area contributed by atoms with Crippen LogP contribution in [0.3, 0.4) is 0 Å². The average molecular weight is 349 g/mol. The van der Waals surface area contributed by atoms with Gasteiger partial charge in [-0.1, -0.05) is 11.6 Å². The molecule has 120 valence electrons. The maximum absolute atomic E-state index is 5.84. The van der Waals surface area contributed by atoms with Gasteiger partial charge >= 0.3 is 0 Å². The molecule has 0 spiro atoms. The van der Waals surface area contributed by atoms with Gasteiger partial charge in [0, 0.05) is 30.4 Å². The van der Waals surface area contributed by atoms with Crippen LogP contribution in [0, 0.1) is 0 Å². The van der Waals surface area contributed by atoms with E-state index in [4.69, 9.17) is 11.6 Å². The summed E-state index contributed by atoms with van der Waals surface area (Å²) in [6, 6.07) is 6.99. The Kier molecular flexibility index (Phi) is 4.01. The predicted molar refractivity (Wildman–Crippen MR) is 90.1 cm³/mol. The number of hydrogen-bond acceptors (Lipinski definition) is 8. The van der Waals surface area contributed by atoms with Gasteiger partial charge in [0.15, 0.2) is 11.0 Å². The summed E-state index contributed by atoms with van der Waals surface area (Å²) in [4.78, 5) is 17.2. The Labute approximate surface area is 147 Å². The van der Waals surface area contributed by atoms with E-state index in [0.717, 1.165) is 0 Å². The van der Waals surface area contributed by atoms with Crippen molar-refractivity contribution in [2.75, 3.05) is 0 Å². The Morgan fingerprint density at radius 1 is 0.760 bits per heavy atom. The van der Waals surface area contributed by atoms with Crippen LogP contribution in [-0.2, 0) is 0 Å². The van der Waals surface area contributed by atoms with E-state index in [-0.39, 0.29) is 0 Å². The van der Waals surface area contributed by atoms with Gasteiger partial charge in [0.05, 0.1) is 11.9 Å². The van der Waals surface area contributed by atoms with E-state index in [2.05, 4.69) is 40.3 Å². The van der Waals surface area contributed by atoms with Gasteiger partial charge < -0.3 is 0 Å². The van der Waals surface area contributed by atoms with Crippen molar-refractivity contribution >= 4 is 11.6 Å². The molecule has 25 heavy (non-hydrogen) atoms. The summed E-state index contributed by atoms with van der Waals surface area (Å²) in [5.74, 6) is 0.424. The molecule has 4 aromatic heterocycles. The molecule has 0 saturated carbocycles. The van der Waals surface area contributed by atoms with Crippen molar-refractivity contribution in [1.82, 2.24) is 40.3 Å². The van der Waals surface area contributed by atoms with Crippen LogP contribution in [0.4, 0.5) is 0 Å². The molecule has 4 aromatic rings. The fraction of sp³-hybridized carbons (Fsp3) is 0. The topological polar surface area (TPSA) is 103 Å². The zero-order chi connectivity index (χ0) is 17.1. The molecule has 0 radical (unpaired) electrons. The number of nitrogens with zero attached hydrogens (tertiary/aromatic N) is 8. The predicted octanol–water partition coefficient (Wildman–Crippen LogP) is 2.50. The zero-order valence-electron chi connectivity index (χ0n) is 12.7. The quantitative estimate of drug-likeness (QED) is 0.556. The number of hydrogen-bond donors (Lipinski definition) is 0. The molecule has 8 nitrogen and oxygen atoms in total. The number of aromatic nitrogens is 8. The van der Waals surface area contributed by atoms with Gasteiger partial charge in [-0.05, 0) is 24.3 Å². The maximum atomic E-state index is 5.84. The smallest absolute Gasteiger partial charge is 0.180 e. The highest BCUT2D eigenvalue weighted by Crippen LogP contribution is 2.28. The molecule has 0 atom stereocenters. The molecule has 0 aliphatic heterocycles. The van der Waals surface area contributed by atoms with Gasteiger partial charge in [-0.15, -0.1) is 10.2 Å². The van der Waals surface area contributed by atoms with Crippen molar-refractivity contribution in [2.24, 2.45) is 0 Å². The lowest BCUT2D eigenvalue weighted by atomic mass is 10.1. The molecule has 0 fully saturated rings. The van der Waals surface area contributed by atoms with Crippen molar-refractivity contribution < 1.29 is 0 Å².